The van der Waals surface area contributed by atoms with Gasteiger partial charge in [-0.3, -0.25) is 4.98 Å². The highest BCUT2D eigenvalue weighted by molar-refractivity contribution is 6.31. The minimum absolute atomic E-state index is 0.391. The molecular weight excluding hydrogens is 277 g/mol. The normalized spacial score (nSPS) is 12.4. The Balaban J connectivity index is 2.09. The van der Waals surface area contributed by atoms with Crippen molar-refractivity contribution in [1.29, 1.82) is 0 Å². The molecule has 0 N–H and O–H groups in total. The Kier molecular flexibility index (Phi) is 5.24. The molecule has 0 aliphatic carbocycles. The van der Waals surface area contributed by atoms with Gasteiger partial charge >= 0.3 is 0 Å². The van der Waals surface area contributed by atoms with Crippen LogP contribution >= 0.6 is 23.2 Å². The molecule has 1 atom stereocenters. The average Bonchev–Trinajstić information content (AvgIpc) is 2.42. The monoisotopic (exact) mass is 293 g/mol. The van der Waals surface area contributed by atoms with E-state index in [4.69, 9.17) is 23.2 Å². The minimum atomic E-state index is 0.391. The molecule has 0 radical (unpaired) electrons. The van der Waals surface area contributed by atoms with Gasteiger partial charge in [-0.2, -0.15) is 0 Å². The fourth-order valence-corrected chi connectivity index (χ4v) is 2.63. The van der Waals surface area contributed by atoms with Crippen molar-refractivity contribution in [2.45, 2.75) is 19.8 Å². The maximum atomic E-state index is 6.15. The molecule has 2 rings (SSSR count). The van der Waals surface area contributed by atoms with Gasteiger partial charge in [0.2, 0.25) is 0 Å². The van der Waals surface area contributed by atoms with Crippen LogP contribution in [-0.2, 0) is 12.8 Å². The summed E-state index contributed by atoms with van der Waals surface area (Å²) in [5.74, 6) is 1.02. The zero-order chi connectivity index (χ0) is 13.7. The van der Waals surface area contributed by atoms with Crippen LogP contribution in [0.15, 0.2) is 42.7 Å². The van der Waals surface area contributed by atoms with Gasteiger partial charge < -0.3 is 0 Å². The number of halogens is 2. The van der Waals surface area contributed by atoms with Gasteiger partial charge in [-0.1, -0.05) is 35.9 Å². The van der Waals surface area contributed by atoms with Gasteiger partial charge in [-0.25, -0.2) is 0 Å². The Morgan fingerprint density at radius 1 is 1.11 bits per heavy atom. The summed E-state index contributed by atoms with van der Waals surface area (Å²) < 4.78 is 0. The van der Waals surface area contributed by atoms with Crippen LogP contribution in [0.1, 0.15) is 16.7 Å². The molecule has 100 valence electrons. The van der Waals surface area contributed by atoms with Crippen molar-refractivity contribution in [1.82, 2.24) is 4.98 Å². The number of aryl methyl sites for hydroxylation is 1. The first-order chi connectivity index (χ1) is 9.20. The number of aromatic nitrogens is 1. The third kappa shape index (κ3) is 3.95. The predicted molar refractivity (Wildman–Crippen MR) is 82.0 cm³/mol. The van der Waals surface area contributed by atoms with Crippen LogP contribution in [0.25, 0.3) is 0 Å². The summed E-state index contributed by atoms with van der Waals surface area (Å²) >= 11 is 12.3. The summed E-state index contributed by atoms with van der Waals surface area (Å²) in [6, 6.07) is 10.4. The fraction of sp³-hybridized carbons (Fsp3) is 0.312. The largest absolute Gasteiger partial charge is 0.263 e. The van der Waals surface area contributed by atoms with Gasteiger partial charge in [0.05, 0.1) is 5.02 Å². The van der Waals surface area contributed by atoms with E-state index in [0.29, 0.717) is 11.8 Å². The quantitative estimate of drug-likeness (QED) is 0.729. The number of benzene rings is 1. The molecule has 1 heterocycles. The number of hydrogen-bond acceptors (Lipinski definition) is 1. The molecule has 3 heteroatoms. The van der Waals surface area contributed by atoms with E-state index in [1.807, 2.05) is 6.07 Å². The molecular formula is C16H17Cl2N. The van der Waals surface area contributed by atoms with Crippen molar-refractivity contribution in [3.05, 3.63) is 64.4 Å². The highest BCUT2D eigenvalue weighted by Gasteiger charge is 2.12. The molecule has 0 bridgehead atoms. The lowest BCUT2D eigenvalue weighted by molar-refractivity contribution is 0.582. The molecule has 1 unspecified atom stereocenters. The van der Waals surface area contributed by atoms with Crippen LogP contribution in [0.2, 0.25) is 5.02 Å². The molecule has 0 saturated heterocycles. The van der Waals surface area contributed by atoms with Crippen molar-refractivity contribution in [2.75, 3.05) is 5.88 Å². The lowest BCUT2D eigenvalue weighted by Crippen LogP contribution is -2.11. The van der Waals surface area contributed by atoms with E-state index < -0.39 is 0 Å². The van der Waals surface area contributed by atoms with E-state index in [2.05, 4.69) is 36.2 Å². The minimum Gasteiger partial charge on any atom is -0.263 e. The van der Waals surface area contributed by atoms with E-state index in [1.54, 1.807) is 12.4 Å². The molecule has 1 nitrogen and oxygen atoms in total. The van der Waals surface area contributed by atoms with Gasteiger partial charge in [0.1, 0.15) is 0 Å². The van der Waals surface area contributed by atoms with Gasteiger partial charge in [-0.05, 0) is 48.4 Å². The number of hydrogen-bond donors (Lipinski definition) is 0. The average molecular weight is 294 g/mol. The first-order valence-electron chi connectivity index (χ1n) is 6.39. The number of alkyl halides is 1. The second-order valence-electron chi connectivity index (χ2n) is 4.82. The molecule has 1 aromatic heterocycles. The Hall–Kier alpha value is -1.05. The molecule has 0 saturated carbocycles. The maximum absolute atomic E-state index is 6.15. The Labute approximate surface area is 124 Å². The van der Waals surface area contributed by atoms with E-state index >= 15 is 0 Å². The predicted octanol–water partition coefficient (Wildman–Crippen LogP) is 4.68. The molecule has 0 spiro atoms. The first kappa shape index (κ1) is 14.4. The van der Waals surface area contributed by atoms with Crippen molar-refractivity contribution in [2.24, 2.45) is 5.92 Å². The molecule has 0 amide bonds. The summed E-state index contributed by atoms with van der Waals surface area (Å²) in [7, 11) is 0. The number of rotatable bonds is 5. The van der Waals surface area contributed by atoms with Gasteiger partial charge in [-0.15, -0.1) is 11.6 Å². The first-order valence-corrected chi connectivity index (χ1v) is 7.31. The van der Waals surface area contributed by atoms with Crippen molar-refractivity contribution in [3.63, 3.8) is 0 Å². The van der Waals surface area contributed by atoms with Crippen LogP contribution in [0.4, 0.5) is 0 Å². The van der Waals surface area contributed by atoms with E-state index in [9.17, 15) is 0 Å². The van der Waals surface area contributed by atoms with Crippen molar-refractivity contribution < 1.29 is 0 Å². The smallest absolute Gasteiger partial charge is 0.0621 e. The van der Waals surface area contributed by atoms with Crippen molar-refractivity contribution >= 4 is 23.2 Å². The lowest BCUT2D eigenvalue weighted by Gasteiger charge is -2.16. The fourth-order valence-electron chi connectivity index (χ4n) is 2.21. The lowest BCUT2D eigenvalue weighted by atomic mass is 9.92. The number of nitrogens with zero attached hydrogens (tertiary/aromatic N) is 1. The topological polar surface area (TPSA) is 12.9 Å². The molecule has 1 aromatic carbocycles. The van der Waals surface area contributed by atoms with Gasteiger partial charge in [0.15, 0.2) is 0 Å². The van der Waals surface area contributed by atoms with E-state index in [-0.39, 0.29) is 0 Å². The standard InChI is InChI=1S/C16H17Cl2N/c1-12-4-2-3-5-14(12)8-13(10-17)9-15-6-7-19-11-16(15)18/h2-7,11,13H,8-10H2,1H3. The Morgan fingerprint density at radius 2 is 1.84 bits per heavy atom. The van der Waals surface area contributed by atoms with Crippen LogP contribution in [-0.4, -0.2) is 10.9 Å². The second kappa shape index (κ2) is 6.93. The highest BCUT2D eigenvalue weighted by Crippen LogP contribution is 2.22. The Morgan fingerprint density at radius 3 is 2.53 bits per heavy atom. The van der Waals surface area contributed by atoms with E-state index in [1.165, 1.54) is 11.1 Å². The van der Waals surface area contributed by atoms with Crippen molar-refractivity contribution in [3.8, 4) is 0 Å². The molecule has 0 fully saturated rings. The summed E-state index contributed by atoms with van der Waals surface area (Å²) in [6.45, 7) is 2.14. The molecule has 0 aliphatic heterocycles. The van der Waals surface area contributed by atoms with Crippen LogP contribution in [0, 0.1) is 12.8 Å². The SMILES string of the molecule is Cc1ccccc1CC(CCl)Cc1ccncc1Cl. The summed E-state index contributed by atoms with van der Waals surface area (Å²) in [6.07, 6.45) is 5.34. The zero-order valence-electron chi connectivity index (χ0n) is 10.9. The third-order valence-corrected chi connectivity index (χ3v) is 4.13. The van der Waals surface area contributed by atoms with Gasteiger partial charge in [0.25, 0.3) is 0 Å². The zero-order valence-corrected chi connectivity index (χ0v) is 12.5. The Bertz CT molecular complexity index is 492. The molecule has 2 aromatic rings. The molecule has 0 aliphatic rings. The van der Waals surface area contributed by atoms with Crippen LogP contribution in [0.5, 0.6) is 0 Å². The highest BCUT2D eigenvalue weighted by atomic mass is 35.5. The summed E-state index contributed by atoms with van der Waals surface area (Å²) in [5.41, 5.74) is 3.80. The summed E-state index contributed by atoms with van der Waals surface area (Å²) in [5, 5.41) is 0.724. The van der Waals surface area contributed by atoms with Crippen LogP contribution < -0.4 is 0 Å². The van der Waals surface area contributed by atoms with Gasteiger partial charge in [0, 0.05) is 18.3 Å². The molecule has 19 heavy (non-hydrogen) atoms. The third-order valence-electron chi connectivity index (χ3n) is 3.35. The van der Waals surface area contributed by atoms with E-state index in [0.717, 1.165) is 23.4 Å². The van der Waals surface area contributed by atoms with Crippen LogP contribution in [0.3, 0.4) is 0 Å². The maximum Gasteiger partial charge on any atom is 0.0621 e. The summed E-state index contributed by atoms with van der Waals surface area (Å²) in [4.78, 5) is 4.01. The number of pyridine rings is 1. The second-order valence-corrected chi connectivity index (χ2v) is 5.54.